The number of hydrogen-bond acceptors (Lipinski definition) is 2. The number of nitrogens with one attached hydrogen (secondary N) is 1. The highest BCUT2D eigenvalue weighted by molar-refractivity contribution is 5.77. The molecule has 0 heterocycles. The van der Waals surface area contributed by atoms with Gasteiger partial charge >= 0.3 is 0 Å². The van der Waals surface area contributed by atoms with Crippen LogP contribution in [0.3, 0.4) is 0 Å². The molecule has 0 saturated heterocycles. The highest BCUT2D eigenvalue weighted by Crippen LogP contribution is 2.24. The summed E-state index contributed by atoms with van der Waals surface area (Å²) >= 11 is 0. The standard InChI is InChI=1S/C8H15NO2/c1-11-6-8(10)9-5-7-3-2-4-7/h7H,2-6H2,1H3,(H,9,10). The molecule has 1 aliphatic carbocycles. The van der Waals surface area contributed by atoms with E-state index in [1.807, 2.05) is 0 Å². The minimum absolute atomic E-state index is 0.000556. The van der Waals surface area contributed by atoms with Gasteiger partial charge in [-0.2, -0.15) is 0 Å². The molecule has 0 bridgehead atoms. The maximum absolute atomic E-state index is 10.9. The molecule has 1 N–H and O–H groups in total. The van der Waals surface area contributed by atoms with Crippen molar-refractivity contribution >= 4 is 5.91 Å². The Kier molecular flexibility index (Phi) is 3.36. The van der Waals surface area contributed by atoms with Gasteiger partial charge in [0, 0.05) is 13.7 Å². The lowest BCUT2D eigenvalue weighted by atomic mass is 9.85. The minimum Gasteiger partial charge on any atom is -0.375 e. The number of carbonyl (C=O) groups is 1. The summed E-state index contributed by atoms with van der Waals surface area (Å²) in [7, 11) is 1.53. The molecular weight excluding hydrogens is 142 g/mol. The van der Waals surface area contributed by atoms with Gasteiger partial charge in [0.25, 0.3) is 0 Å². The average molecular weight is 157 g/mol. The first-order chi connectivity index (χ1) is 5.33. The van der Waals surface area contributed by atoms with Gasteiger partial charge in [-0.3, -0.25) is 4.79 Å². The Bertz CT molecular complexity index is 132. The second kappa shape index (κ2) is 4.34. The van der Waals surface area contributed by atoms with Crippen molar-refractivity contribution < 1.29 is 9.53 Å². The molecule has 0 aromatic rings. The van der Waals surface area contributed by atoms with Gasteiger partial charge in [0.2, 0.25) is 5.91 Å². The predicted octanol–water partition coefficient (Wildman–Crippen LogP) is 0.549. The zero-order valence-electron chi connectivity index (χ0n) is 6.93. The van der Waals surface area contributed by atoms with Crippen molar-refractivity contribution in [2.75, 3.05) is 20.3 Å². The maximum Gasteiger partial charge on any atom is 0.245 e. The number of carbonyl (C=O) groups excluding carboxylic acids is 1. The summed E-state index contributed by atoms with van der Waals surface area (Å²) in [4.78, 5) is 10.9. The molecule has 64 valence electrons. The van der Waals surface area contributed by atoms with Crippen LogP contribution in [0.1, 0.15) is 19.3 Å². The molecule has 1 saturated carbocycles. The topological polar surface area (TPSA) is 38.3 Å². The van der Waals surface area contributed by atoms with Gasteiger partial charge in [0.05, 0.1) is 0 Å². The lowest BCUT2D eigenvalue weighted by Crippen LogP contribution is -2.34. The molecular formula is C8H15NO2. The fraction of sp³-hybridized carbons (Fsp3) is 0.875. The van der Waals surface area contributed by atoms with Crippen LogP contribution < -0.4 is 5.32 Å². The molecule has 11 heavy (non-hydrogen) atoms. The molecule has 0 unspecified atom stereocenters. The van der Waals surface area contributed by atoms with Crippen LogP contribution in [0.15, 0.2) is 0 Å². The normalized spacial score (nSPS) is 17.5. The van der Waals surface area contributed by atoms with Crippen LogP contribution in [0, 0.1) is 5.92 Å². The van der Waals surface area contributed by atoms with E-state index >= 15 is 0 Å². The summed E-state index contributed by atoms with van der Waals surface area (Å²) in [5.41, 5.74) is 0. The van der Waals surface area contributed by atoms with Gasteiger partial charge in [-0.05, 0) is 18.8 Å². The summed E-state index contributed by atoms with van der Waals surface area (Å²) in [6.07, 6.45) is 3.87. The molecule has 1 aliphatic rings. The molecule has 0 aliphatic heterocycles. The molecule has 1 amide bonds. The van der Waals surface area contributed by atoms with Crippen molar-refractivity contribution in [3.63, 3.8) is 0 Å². The third-order valence-corrected chi connectivity index (χ3v) is 2.09. The number of amides is 1. The zero-order valence-corrected chi connectivity index (χ0v) is 6.93. The molecule has 0 aromatic carbocycles. The van der Waals surface area contributed by atoms with Crippen LogP contribution in [0.2, 0.25) is 0 Å². The molecule has 3 heteroatoms. The van der Waals surface area contributed by atoms with E-state index < -0.39 is 0 Å². The highest BCUT2D eigenvalue weighted by atomic mass is 16.5. The van der Waals surface area contributed by atoms with Gasteiger partial charge < -0.3 is 10.1 Å². The Morgan fingerprint density at radius 3 is 2.82 bits per heavy atom. The van der Waals surface area contributed by atoms with E-state index in [4.69, 9.17) is 0 Å². The summed E-state index contributed by atoms with van der Waals surface area (Å²) in [6.45, 7) is 1.02. The van der Waals surface area contributed by atoms with Crippen LogP contribution in [-0.4, -0.2) is 26.2 Å². The first kappa shape index (κ1) is 8.53. The van der Waals surface area contributed by atoms with Crippen molar-refractivity contribution in [2.45, 2.75) is 19.3 Å². The van der Waals surface area contributed by atoms with Crippen LogP contribution in [-0.2, 0) is 9.53 Å². The van der Waals surface area contributed by atoms with Crippen molar-refractivity contribution in [1.82, 2.24) is 5.32 Å². The summed E-state index contributed by atoms with van der Waals surface area (Å²) in [6, 6.07) is 0. The van der Waals surface area contributed by atoms with Gasteiger partial charge in [-0.25, -0.2) is 0 Å². The second-order valence-corrected chi connectivity index (χ2v) is 3.03. The predicted molar refractivity (Wildman–Crippen MR) is 42.2 cm³/mol. The second-order valence-electron chi connectivity index (χ2n) is 3.03. The highest BCUT2D eigenvalue weighted by Gasteiger charge is 2.17. The van der Waals surface area contributed by atoms with Gasteiger partial charge in [-0.1, -0.05) is 6.42 Å². The Hall–Kier alpha value is -0.570. The molecule has 3 nitrogen and oxygen atoms in total. The van der Waals surface area contributed by atoms with Gasteiger partial charge in [-0.15, -0.1) is 0 Å². The number of ether oxygens (including phenoxy) is 1. The SMILES string of the molecule is COCC(=O)NCC1CCC1. The molecule has 0 atom stereocenters. The summed E-state index contributed by atoms with van der Waals surface area (Å²) in [5.74, 6) is 0.732. The quantitative estimate of drug-likeness (QED) is 0.647. The Balaban J connectivity index is 1.96. The van der Waals surface area contributed by atoms with Crippen molar-refractivity contribution in [3.05, 3.63) is 0 Å². The van der Waals surface area contributed by atoms with E-state index in [2.05, 4.69) is 10.1 Å². The van der Waals surface area contributed by atoms with E-state index in [0.29, 0.717) is 0 Å². The first-order valence-corrected chi connectivity index (χ1v) is 4.08. The summed E-state index contributed by atoms with van der Waals surface area (Å²) < 4.78 is 4.68. The lowest BCUT2D eigenvalue weighted by Gasteiger charge is -2.25. The molecule has 0 aromatic heterocycles. The van der Waals surface area contributed by atoms with E-state index in [-0.39, 0.29) is 12.5 Å². The Morgan fingerprint density at radius 2 is 2.36 bits per heavy atom. The van der Waals surface area contributed by atoms with E-state index in [9.17, 15) is 4.79 Å². The zero-order chi connectivity index (χ0) is 8.10. The number of rotatable bonds is 4. The van der Waals surface area contributed by atoms with Crippen LogP contribution in [0.5, 0.6) is 0 Å². The third kappa shape index (κ3) is 2.89. The van der Waals surface area contributed by atoms with Crippen molar-refractivity contribution in [2.24, 2.45) is 5.92 Å². The third-order valence-electron chi connectivity index (χ3n) is 2.09. The minimum atomic E-state index is -0.000556. The van der Waals surface area contributed by atoms with E-state index in [0.717, 1.165) is 12.5 Å². The smallest absolute Gasteiger partial charge is 0.245 e. The largest absolute Gasteiger partial charge is 0.375 e. The lowest BCUT2D eigenvalue weighted by molar-refractivity contribution is -0.125. The fourth-order valence-electron chi connectivity index (χ4n) is 1.14. The number of methoxy groups -OCH3 is 1. The molecule has 0 spiro atoms. The molecule has 0 radical (unpaired) electrons. The van der Waals surface area contributed by atoms with Crippen molar-refractivity contribution in [3.8, 4) is 0 Å². The van der Waals surface area contributed by atoms with Crippen LogP contribution >= 0.6 is 0 Å². The van der Waals surface area contributed by atoms with Crippen LogP contribution in [0.25, 0.3) is 0 Å². The summed E-state index contributed by atoms with van der Waals surface area (Å²) in [5, 5.41) is 2.82. The Labute approximate surface area is 67.1 Å². The molecule has 1 fully saturated rings. The fourth-order valence-corrected chi connectivity index (χ4v) is 1.14. The monoisotopic (exact) mass is 157 g/mol. The van der Waals surface area contributed by atoms with E-state index in [1.165, 1.54) is 26.4 Å². The van der Waals surface area contributed by atoms with Crippen molar-refractivity contribution in [1.29, 1.82) is 0 Å². The van der Waals surface area contributed by atoms with Crippen LogP contribution in [0.4, 0.5) is 0 Å². The Morgan fingerprint density at radius 1 is 1.64 bits per heavy atom. The maximum atomic E-state index is 10.9. The van der Waals surface area contributed by atoms with Gasteiger partial charge in [0.1, 0.15) is 6.61 Å². The van der Waals surface area contributed by atoms with Gasteiger partial charge in [0.15, 0.2) is 0 Å². The first-order valence-electron chi connectivity index (χ1n) is 4.08. The number of hydrogen-bond donors (Lipinski definition) is 1. The molecule has 1 rings (SSSR count). The average Bonchev–Trinajstić information content (AvgIpc) is 1.85. The van der Waals surface area contributed by atoms with E-state index in [1.54, 1.807) is 0 Å².